The van der Waals surface area contributed by atoms with Crippen molar-refractivity contribution >= 4 is 26.7 Å². The van der Waals surface area contributed by atoms with Gasteiger partial charge in [-0.1, -0.05) is 23.5 Å². The predicted molar refractivity (Wildman–Crippen MR) is 67.5 cm³/mol. The van der Waals surface area contributed by atoms with E-state index in [-0.39, 0.29) is 12.7 Å². The fourth-order valence-electron chi connectivity index (χ4n) is 1.91. The molecule has 0 bridgehead atoms. The molecule has 0 spiro atoms. The zero-order chi connectivity index (χ0) is 11.7. The molecule has 0 amide bonds. The second-order valence-electron chi connectivity index (χ2n) is 4.05. The highest BCUT2D eigenvalue weighted by Crippen LogP contribution is 2.31. The van der Waals surface area contributed by atoms with Gasteiger partial charge in [0.25, 0.3) is 0 Å². The molecule has 0 aliphatic carbocycles. The van der Waals surface area contributed by atoms with Crippen molar-refractivity contribution in [2.24, 2.45) is 0 Å². The van der Waals surface area contributed by atoms with Crippen LogP contribution in [0.3, 0.4) is 0 Å². The number of hydrogen-bond acceptors (Lipinski definition) is 4. The maximum absolute atomic E-state index is 11.9. The van der Waals surface area contributed by atoms with Crippen LogP contribution in [0.4, 0.5) is 9.52 Å². The fraction of sp³-hybridized carbons (Fsp3) is 0.417. The van der Waals surface area contributed by atoms with E-state index in [1.54, 1.807) is 11.3 Å². The van der Waals surface area contributed by atoms with Crippen molar-refractivity contribution in [1.82, 2.24) is 4.98 Å². The van der Waals surface area contributed by atoms with Crippen molar-refractivity contribution in [3.63, 3.8) is 0 Å². The number of alkyl halides is 1. The van der Waals surface area contributed by atoms with Crippen LogP contribution >= 0.6 is 11.3 Å². The minimum atomic E-state index is -0.405. The molecule has 1 fully saturated rings. The summed E-state index contributed by atoms with van der Waals surface area (Å²) in [6, 6.07) is 8.11. The third kappa shape index (κ3) is 2.12. The lowest BCUT2D eigenvalue weighted by atomic mass is 10.2. The molecule has 3 rings (SSSR count). The highest BCUT2D eigenvalue weighted by molar-refractivity contribution is 7.22. The van der Waals surface area contributed by atoms with Crippen LogP contribution in [0.2, 0.25) is 0 Å². The van der Waals surface area contributed by atoms with Crippen molar-refractivity contribution in [3.05, 3.63) is 24.3 Å². The smallest absolute Gasteiger partial charge is 0.186 e. The van der Waals surface area contributed by atoms with Gasteiger partial charge in [0.1, 0.15) is 6.67 Å². The summed E-state index contributed by atoms with van der Waals surface area (Å²) in [5.74, 6) is 0. The first-order chi connectivity index (χ1) is 8.36. The summed E-state index contributed by atoms with van der Waals surface area (Å²) < 4.78 is 18.4. The van der Waals surface area contributed by atoms with E-state index in [0.29, 0.717) is 0 Å². The third-order valence-electron chi connectivity index (χ3n) is 2.83. The summed E-state index contributed by atoms with van der Waals surface area (Å²) in [7, 11) is 0. The van der Waals surface area contributed by atoms with Crippen molar-refractivity contribution in [3.8, 4) is 0 Å². The molecular weight excluding hydrogens is 239 g/mol. The van der Waals surface area contributed by atoms with Gasteiger partial charge in [0, 0.05) is 13.1 Å². The van der Waals surface area contributed by atoms with Gasteiger partial charge in [-0.25, -0.2) is 9.37 Å². The number of fused-ring (bicyclic) bond motifs is 1. The Morgan fingerprint density at radius 3 is 3.00 bits per heavy atom. The van der Waals surface area contributed by atoms with E-state index in [2.05, 4.69) is 16.0 Å². The van der Waals surface area contributed by atoms with E-state index in [4.69, 9.17) is 4.74 Å². The lowest BCUT2D eigenvalue weighted by molar-refractivity contribution is 0.0268. The first-order valence-electron chi connectivity index (χ1n) is 5.65. The van der Waals surface area contributed by atoms with Crippen molar-refractivity contribution < 1.29 is 9.13 Å². The zero-order valence-electron chi connectivity index (χ0n) is 9.30. The Morgan fingerprint density at radius 2 is 2.24 bits per heavy atom. The molecule has 0 radical (unpaired) electrons. The van der Waals surface area contributed by atoms with E-state index in [9.17, 15) is 4.39 Å². The number of halogens is 1. The number of rotatable bonds is 4. The van der Waals surface area contributed by atoms with Crippen LogP contribution < -0.4 is 4.90 Å². The Balaban J connectivity index is 1.66. The molecule has 0 atom stereocenters. The molecule has 0 unspecified atom stereocenters. The van der Waals surface area contributed by atoms with E-state index in [1.165, 1.54) is 4.70 Å². The summed E-state index contributed by atoms with van der Waals surface area (Å²) in [5, 5.41) is 1.03. The summed E-state index contributed by atoms with van der Waals surface area (Å²) in [4.78, 5) is 6.74. The summed E-state index contributed by atoms with van der Waals surface area (Å²) in [6.45, 7) is 1.44. The molecule has 3 nitrogen and oxygen atoms in total. The van der Waals surface area contributed by atoms with E-state index in [0.717, 1.165) is 23.7 Å². The van der Waals surface area contributed by atoms with Crippen LogP contribution in [0.25, 0.3) is 10.2 Å². The largest absolute Gasteiger partial charge is 0.372 e. The van der Waals surface area contributed by atoms with Gasteiger partial charge in [-0.05, 0) is 12.1 Å². The number of anilines is 1. The number of para-hydroxylation sites is 1. The Labute approximate surface area is 103 Å². The molecular formula is C12H13FN2OS. The molecule has 1 saturated heterocycles. The van der Waals surface area contributed by atoms with Crippen LogP contribution in [-0.4, -0.2) is 37.5 Å². The molecule has 2 heterocycles. The van der Waals surface area contributed by atoms with Crippen LogP contribution in [-0.2, 0) is 4.74 Å². The maximum atomic E-state index is 11.9. The molecule has 1 aromatic heterocycles. The predicted octanol–water partition coefficient (Wildman–Crippen LogP) is 2.47. The summed E-state index contributed by atoms with van der Waals surface area (Å²) >= 11 is 1.69. The van der Waals surface area contributed by atoms with Gasteiger partial charge >= 0.3 is 0 Å². The highest BCUT2D eigenvalue weighted by Gasteiger charge is 2.29. The Morgan fingerprint density at radius 1 is 1.41 bits per heavy atom. The van der Waals surface area contributed by atoms with Gasteiger partial charge < -0.3 is 9.64 Å². The second kappa shape index (κ2) is 4.58. The molecule has 1 aliphatic rings. The van der Waals surface area contributed by atoms with Crippen LogP contribution in [0.1, 0.15) is 0 Å². The van der Waals surface area contributed by atoms with Crippen LogP contribution in [0.15, 0.2) is 24.3 Å². The first kappa shape index (κ1) is 10.9. The standard InChI is InChI=1S/C12H13FN2OS/c13-5-6-16-9-7-15(8-9)12-14-10-3-1-2-4-11(10)17-12/h1-4,9H,5-8H2. The zero-order valence-corrected chi connectivity index (χ0v) is 10.1. The fourth-order valence-corrected chi connectivity index (χ4v) is 2.89. The molecule has 1 aromatic carbocycles. The van der Waals surface area contributed by atoms with Gasteiger partial charge in [0.15, 0.2) is 5.13 Å². The van der Waals surface area contributed by atoms with Crippen molar-refractivity contribution in [2.45, 2.75) is 6.10 Å². The van der Waals surface area contributed by atoms with E-state index in [1.807, 2.05) is 18.2 Å². The van der Waals surface area contributed by atoms with Crippen molar-refractivity contribution in [2.75, 3.05) is 31.3 Å². The Kier molecular flexibility index (Phi) is 2.94. The Bertz CT molecular complexity index is 477. The normalized spacial score (nSPS) is 16.4. The Hall–Kier alpha value is -1.20. The minimum Gasteiger partial charge on any atom is -0.372 e. The molecule has 0 saturated carbocycles. The molecule has 2 aromatic rings. The molecule has 17 heavy (non-hydrogen) atoms. The third-order valence-corrected chi connectivity index (χ3v) is 3.93. The lowest BCUT2D eigenvalue weighted by Crippen LogP contribution is -2.52. The highest BCUT2D eigenvalue weighted by atomic mass is 32.1. The maximum Gasteiger partial charge on any atom is 0.186 e. The number of benzene rings is 1. The topological polar surface area (TPSA) is 25.4 Å². The van der Waals surface area contributed by atoms with Gasteiger partial charge in [-0.2, -0.15) is 0 Å². The molecule has 0 N–H and O–H groups in total. The van der Waals surface area contributed by atoms with E-state index >= 15 is 0 Å². The summed E-state index contributed by atoms with van der Waals surface area (Å²) in [6.07, 6.45) is 0.165. The molecule has 5 heteroatoms. The van der Waals surface area contributed by atoms with E-state index < -0.39 is 6.67 Å². The average molecular weight is 252 g/mol. The quantitative estimate of drug-likeness (QED) is 0.836. The molecule has 1 aliphatic heterocycles. The average Bonchev–Trinajstić information content (AvgIpc) is 2.70. The van der Waals surface area contributed by atoms with Crippen LogP contribution in [0, 0.1) is 0 Å². The first-order valence-corrected chi connectivity index (χ1v) is 6.46. The molecule has 90 valence electrons. The number of aromatic nitrogens is 1. The SMILES string of the molecule is FCCOC1CN(c2nc3ccccc3s2)C1. The monoisotopic (exact) mass is 252 g/mol. The number of hydrogen-bond donors (Lipinski definition) is 0. The van der Waals surface area contributed by atoms with Gasteiger partial charge in [-0.3, -0.25) is 0 Å². The number of thiazole rings is 1. The number of nitrogens with zero attached hydrogens (tertiary/aromatic N) is 2. The minimum absolute atomic E-state index is 0.165. The van der Waals surface area contributed by atoms with Gasteiger partial charge in [0.05, 0.1) is 22.9 Å². The number of ether oxygens (including phenoxy) is 1. The summed E-state index contributed by atoms with van der Waals surface area (Å²) in [5.41, 5.74) is 1.04. The second-order valence-corrected chi connectivity index (χ2v) is 5.06. The van der Waals surface area contributed by atoms with Crippen molar-refractivity contribution in [1.29, 1.82) is 0 Å². The van der Waals surface area contributed by atoms with Gasteiger partial charge in [-0.15, -0.1) is 0 Å². The van der Waals surface area contributed by atoms with Gasteiger partial charge in [0.2, 0.25) is 0 Å². The lowest BCUT2D eigenvalue weighted by Gasteiger charge is -2.38. The van der Waals surface area contributed by atoms with Crippen LogP contribution in [0.5, 0.6) is 0 Å².